The normalized spacial score (nSPS) is 11.2. The molecule has 2 aromatic rings. The van der Waals surface area contributed by atoms with Crippen molar-refractivity contribution in [3.05, 3.63) is 36.0 Å². The zero-order valence-electron chi connectivity index (χ0n) is 9.60. The maximum absolute atomic E-state index is 10.9. The molecule has 1 amide bonds. The summed E-state index contributed by atoms with van der Waals surface area (Å²) in [5.74, 6) is 0.203. The molecule has 0 saturated heterocycles. The van der Waals surface area contributed by atoms with Crippen molar-refractivity contribution in [1.29, 1.82) is 0 Å². The van der Waals surface area contributed by atoms with Gasteiger partial charge >= 0.3 is 0 Å². The Morgan fingerprint density at radius 2 is 2.12 bits per heavy atom. The van der Waals surface area contributed by atoms with Gasteiger partial charge in [-0.1, -0.05) is 19.9 Å². The van der Waals surface area contributed by atoms with E-state index >= 15 is 0 Å². The molecule has 1 aromatic heterocycles. The average molecular weight is 216 g/mol. The molecule has 2 rings (SSSR count). The Bertz CT molecular complexity index is 526. The molecule has 2 N–H and O–H groups in total. The Balaban J connectivity index is 2.46. The number of nitrogens with zero attached hydrogens (tertiary/aromatic N) is 1. The molecule has 0 radical (unpaired) electrons. The van der Waals surface area contributed by atoms with Crippen LogP contribution in [0.5, 0.6) is 0 Å². The van der Waals surface area contributed by atoms with E-state index in [-0.39, 0.29) is 12.5 Å². The van der Waals surface area contributed by atoms with E-state index in [1.165, 1.54) is 5.56 Å². The first kappa shape index (κ1) is 10.7. The second kappa shape index (κ2) is 4.00. The largest absolute Gasteiger partial charge is 0.368 e. The minimum atomic E-state index is -0.314. The Morgan fingerprint density at radius 1 is 1.38 bits per heavy atom. The van der Waals surface area contributed by atoms with E-state index in [0.717, 1.165) is 10.9 Å². The molecular weight excluding hydrogens is 200 g/mol. The van der Waals surface area contributed by atoms with Crippen molar-refractivity contribution in [3.63, 3.8) is 0 Å². The number of rotatable bonds is 3. The molecule has 84 valence electrons. The van der Waals surface area contributed by atoms with Gasteiger partial charge in [-0.3, -0.25) is 4.79 Å². The molecule has 0 saturated carbocycles. The van der Waals surface area contributed by atoms with Gasteiger partial charge in [-0.05, 0) is 35.1 Å². The molecule has 3 nitrogen and oxygen atoms in total. The van der Waals surface area contributed by atoms with Gasteiger partial charge in [0.25, 0.3) is 0 Å². The Hall–Kier alpha value is -1.77. The van der Waals surface area contributed by atoms with Crippen molar-refractivity contribution in [2.75, 3.05) is 0 Å². The molecule has 0 bridgehead atoms. The van der Waals surface area contributed by atoms with Crippen LogP contribution in [0.25, 0.3) is 10.9 Å². The molecular formula is C13H16N2O. The van der Waals surface area contributed by atoms with Gasteiger partial charge in [0.05, 0.1) is 0 Å². The molecule has 0 aliphatic carbocycles. The third kappa shape index (κ3) is 1.94. The van der Waals surface area contributed by atoms with Crippen LogP contribution in [0.3, 0.4) is 0 Å². The molecule has 0 fully saturated rings. The van der Waals surface area contributed by atoms with Crippen LogP contribution in [0, 0.1) is 0 Å². The molecule has 3 heteroatoms. The van der Waals surface area contributed by atoms with Gasteiger partial charge in [0.1, 0.15) is 6.54 Å². The number of carbonyl (C=O) groups is 1. The average Bonchev–Trinajstić information content (AvgIpc) is 2.60. The van der Waals surface area contributed by atoms with E-state index in [4.69, 9.17) is 5.73 Å². The zero-order chi connectivity index (χ0) is 11.7. The molecule has 16 heavy (non-hydrogen) atoms. The quantitative estimate of drug-likeness (QED) is 0.840. The number of hydrogen-bond donors (Lipinski definition) is 1. The zero-order valence-corrected chi connectivity index (χ0v) is 9.60. The lowest BCUT2D eigenvalue weighted by molar-refractivity contribution is -0.118. The minimum absolute atomic E-state index is 0.241. The molecule has 1 aromatic carbocycles. The van der Waals surface area contributed by atoms with E-state index in [0.29, 0.717) is 5.92 Å². The molecule has 0 spiro atoms. The summed E-state index contributed by atoms with van der Waals surface area (Å²) < 4.78 is 1.88. The first-order valence-corrected chi connectivity index (χ1v) is 5.45. The molecule has 1 heterocycles. The van der Waals surface area contributed by atoms with Crippen molar-refractivity contribution in [1.82, 2.24) is 4.57 Å². The second-order valence-corrected chi connectivity index (χ2v) is 4.38. The molecule has 0 atom stereocenters. The molecule has 0 aliphatic rings. The lowest BCUT2D eigenvalue weighted by Crippen LogP contribution is -2.17. The molecule has 0 aliphatic heterocycles. The van der Waals surface area contributed by atoms with E-state index in [9.17, 15) is 4.79 Å². The van der Waals surface area contributed by atoms with Gasteiger partial charge in [-0.2, -0.15) is 0 Å². The number of benzene rings is 1. The number of aromatic nitrogens is 1. The number of carbonyl (C=O) groups excluding carboxylic acids is 1. The first-order chi connectivity index (χ1) is 7.58. The van der Waals surface area contributed by atoms with Gasteiger partial charge in [-0.15, -0.1) is 0 Å². The number of nitrogens with two attached hydrogens (primary N) is 1. The Morgan fingerprint density at radius 3 is 2.75 bits per heavy atom. The molecule has 0 unspecified atom stereocenters. The van der Waals surface area contributed by atoms with Crippen molar-refractivity contribution < 1.29 is 4.79 Å². The fourth-order valence-corrected chi connectivity index (χ4v) is 1.88. The van der Waals surface area contributed by atoms with Crippen LogP contribution in [-0.2, 0) is 11.3 Å². The Kier molecular flexibility index (Phi) is 2.69. The number of primary amides is 1. The number of hydrogen-bond acceptors (Lipinski definition) is 1. The fourth-order valence-electron chi connectivity index (χ4n) is 1.88. The summed E-state index contributed by atoms with van der Waals surface area (Å²) in [5, 5.41) is 1.16. The topological polar surface area (TPSA) is 48.0 Å². The van der Waals surface area contributed by atoms with Crippen LogP contribution < -0.4 is 5.73 Å². The smallest absolute Gasteiger partial charge is 0.237 e. The van der Waals surface area contributed by atoms with E-state index in [2.05, 4.69) is 26.0 Å². The highest BCUT2D eigenvalue weighted by Crippen LogP contribution is 2.22. The maximum atomic E-state index is 10.9. The summed E-state index contributed by atoms with van der Waals surface area (Å²) in [7, 11) is 0. The Labute approximate surface area is 94.9 Å². The van der Waals surface area contributed by atoms with Crippen LogP contribution in [-0.4, -0.2) is 10.5 Å². The predicted molar refractivity (Wildman–Crippen MR) is 65.2 cm³/mol. The summed E-state index contributed by atoms with van der Waals surface area (Å²) in [5.41, 5.74) is 7.56. The highest BCUT2D eigenvalue weighted by Gasteiger charge is 2.05. The number of amides is 1. The van der Waals surface area contributed by atoms with Crippen molar-refractivity contribution in [2.24, 2.45) is 5.73 Å². The minimum Gasteiger partial charge on any atom is -0.368 e. The van der Waals surface area contributed by atoms with E-state index in [1.807, 2.05) is 22.9 Å². The summed E-state index contributed by atoms with van der Waals surface area (Å²) in [6, 6.07) is 8.33. The van der Waals surface area contributed by atoms with Gasteiger partial charge < -0.3 is 10.3 Å². The van der Waals surface area contributed by atoms with Crippen LogP contribution in [0.2, 0.25) is 0 Å². The lowest BCUT2D eigenvalue weighted by atomic mass is 10.0. The first-order valence-electron chi connectivity index (χ1n) is 5.45. The van der Waals surface area contributed by atoms with Crippen LogP contribution in [0.4, 0.5) is 0 Å². The summed E-state index contributed by atoms with van der Waals surface area (Å²) in [6.07, 6.45) is 1.90. The van der Waals surface area contributed by atoms with Crippen molar-refractivity contribution in [3.8, 4) is 0 Å². The van der Waals surface area contributed by atoms with Crippen molar-refractivity contribution in [2.45, 2.75) is 26.3 Å². The van der Waals surface area contributed by atoms with Crippen LogP contribution >= 0.6 is 0 Å². The summed E-state index contributed by atoms with van der Waals surface area (Å²) >= 11 is 0. The summed E-state index contributed by atoms with van der Waals surface area (Å²) in [6.45, 7) is 4.58. The predicted octanol–water partition coefficient (Wildman–Crippen LogP) is 2.25. The van der Waals surface area contributed by atoms with Crippen LogP contribution in [0.15, 0.2) is 30.5 Å². The van der Waals surface area contributed by atoms with E-state index < -0.39 is 0 Å². The van der Waals surface area contributed by atoms with Gasteiger partial charge in [0.15, 0.2) is 0 Å². The van der Waals surface area contributed by atoms with E-state index in [1.54, 1.807) is 0 Å². The highest BCUT2D eigenvalue weighted by atomic mass is 16.1. The summed E-state index contributed by atoms with van der Waals surface area (Å²) in [4.78, 5) is 10.9. The standard InChI is InChI=1S/C13H16N2O/c1-9(2)10-3-4-12-11(7-10)5-6-15(12)8-13(14)16/h3-7,9H,8H2,1-2H3,(H2,14,16). The monoisotopic (exact) mass is 216 g/mol. The van der Waals surface area contributed by atoms with Gasteiger partial charge in [-0.25, -0.2) is 0 Å². The fraction of sp³-hybridized carbons (Fsp3) is 0.308. The number of fused-ring (bicyclic) bond motifs is 1. The van der Waals surface area contributed by atoms with Gasteiger partial charge in [0.2, 0.25) is 5.91 Å². The van der Waals surface area contributed by atoms with Crippen LogP contribution in [0.1, 0.15) is 25.3 Å². The second-order valence-electron chi connectivity index (χ2n) is 4.38. The van der Waals surface area contributed by atoms with Crippen molar-refractivity contribution >= 4 is 16.8 Å². The van der Waals surface area contributed by atoms with Gasteiger partial charge in [0, 0.05) is 11.7 Å². The highest BCUT2D eigenvalue weighted by molar-refractivity contribution is 5.83. The third-order valence-electron chi connectivity index (χ3n) is 2.79. The maximum Gasteiger partial charge on any atom is 0.237 e. The third-order valence-corrected chi connectivity index (χ3v) is 2.79. The SMILES string of the molecule is CC(C)c1ccc2c(ccn2CC(N)=O)c1. The lowest BCUT2D eigenvalue weighted by Gasteiger charge is -2.06.